The Balaban J connectivity index is 0.000000138. The minimum atomic E-state index is -1.41. The van der Waals surface area contributed by atoms with Gasteiger partial charge in [0.05, 0.1) is 4.70 Å². The van der Waals surface area contributed by atoms with Gasteiger partial charge >= 0.3 is 7.12 Å². The second-order valence-electron chi connectivity index (χ2n) is 10.9. The Morgan fingerprint density at radius 1 is 0.580 bits per heavy atom. The van der Waals surface area contributed by atoms with Gasteiger partial charge in [0.15, 0.2) is 0 Å². The van der Waals surface area contributed by atoms with Crippen LogP contribution in [0.3, 0.4) is 0 Å². The number of hydrogen-bond donors (Lipinski definition) is 4. The number of anilines is 2. The first kappa shape index (κ1) is 36.2. The maximum atomic E-state index is 9.05. The van der Waals surface area contributed by atoms with Gasteiger partial charge in [0, 0.05) is 56.7 Å². The van der Waals surface area contributed by atoms with Crippen molar-refractivity contribution in [1.82, 2.24) is 9.97 Å². The van der Waals surface area contributed by atoms with Gasteiger partial charge in [0.2, 0.25) is 0 Å². The molecule has 0 spiro atoms. The van der Waals surface area contributed by atoms with Crippen molar-refractivity contribution in [3.05, 3.63) is 145 Å². The quantitative estimate of drug-likeness (QED) is 0.103. The van der Waals surface area contributed by atoms with Crippen LogP contribution in [0.1, 0.15) is 0 Å². The molecule has 4 aromatic carbocycles. The first-order chi connectivity index (χ1) is 24.2. The number of rotatable bonds is 4. The number of nitrogen functional groups attached to an aromatic ring is 2. The molecule has 0 saturated heterocycles. The van der Waals surface area contributed by atoms with Gasteiger partial charge in [0.25, 0.3) is 0 Å². The summed E-state index contributed by atoms with van der Waals surface area (Å²) in [4.78, 5) is 8.46. The van der Waals surface area contributed by atoms with Crippen molar-refractivity contribution in [2.75, 3.05) is 11.5 Å². The number of aromatic nitrogens is 2. The number of hydrogen-bond acceptors (Lipinski definition) is 8. The Morgan fingerprint density at radius 3 is 1.64 bits per heavy atom. The van der Waals surface area contributed by atoms with Crippen molar-refractivity contribution >= 4 is 122 Å². The summed E-state index contributed by atoms with van der Waals surface area (Å²) < 4.78 is 5.55. The lowest BCUT2D eigenvalue weighted by Crippen LogP contribution is -2.29. The molecule has 12 heteroatoms. The van der Waals surface area contributed by atoms with Gasteiger partial charge < -0.3 is 21.5 Å². The van der Waals surface area contributed by atoms with Crippen LogP contribution in [0.25, 0.3) is 53.6 Å². The van der Waals surface area contributed by atoms with E-state index in [9.17, 15) is 0 Å². The molecule has 6 N–H and O–H groups in total. The maximum absolute atomic E-state index is 9.05. The highest BCUT2D eigenvalue weighted by molar-refractivity contribution is 14.1. The summed E-state index contributed by atoms with van der Waals surface area (Å²) in [5.74, 6) is 1.16. The number of pyridine rings is 2. The topological polar surface area (TPSA) is 118 Å². The molecule has 8 rings (SSSR count). The number of benzene rings is 4. The molecule has 6 nitrogen and oxygen atoms in total. The lowest BCUT2D eigenvalue weighted by Gasteiger charge is -2.08. The second-order valence-corrected chi connectivity index (χ2v) is 15.6. The van der Waals surface area contributed by atoms with Crippen LogP contribution in [0.4, 0.5) is 11.6 Å². The van der Waals surface area contributed by atoms with Crippen LogP contribution in [-0.2, 0) is 0 Å². The van der Waals surface area contributed by atoms with Crippen LogP contribution >= 0.6 is 77.1 Å². The molecule has 0 radical (unpaired) electrons. The van der Waals surface area contributed by atoms with Gasteiger partial charge in [-0.05, 0) is 93.8 Å². The highest BCUT2D eigenvalue weighted by atomic mass is 127. The van der Waals surface area contributed by atoms with E-state index in [1.165, 1.54) is 15.8 Å². The van der Waals surface area contributed by atoms with Crippen LogP contribution in [0.15, 0.2) is 141 Å². The summed E-state index contributed by atoms with van der Waals surface area (Å²) in [6, 6.07) is 36.0. The summed E-state index contributed by atoms with van der Waals surface area (Å²) >= 11 is 12.6. The molecule has 0 saturated carbocycles. The van der Waals surface area contributed by atoms with E-state index in [4.69, 9.17) is 21.5 Å². The van der Waals surface area contributed by atoms with Gasteiger partial charge in [-0.15, -0.1) is 22.7 Å². The Hall–Kier alpha value is -3.63. The van der Waals surface area contributed by atoms with Crippen LogP contribution < -0.4 is 16.9 Å². The standard InChI is InChI=1S/C19H13BrN2S.C12H11BO2.C7H4BrIN2S/c20-16-11-23-18-15(10-22-19(21)17(16)18)14-8-4-7-13(9-14)12-5-2-1-3-6-12;14-13(15)12-8-4-7-11(9-12)10-5-2-1-3-6-10;8-3-2-12-6-4(9)1-11-7(10)5(3)6/h1-11H,(H2,21,22);1-9,14-15H;1-2H,(H2,10,11). The molecule has 0 aliphatic rings. The Labute approximate surface area is 328 Å². The van der Waals surface area contributed by atoms with E-state index in [0.717, 1.165) is 50.2 Å². The molecule has 0 atom stereocenters. The molecular formula is C38H28BBr2IN4O2S2. The fourth-order valence-electron chi connectivity index (χ4n) is 5.24. The monoisotopic (exact) mass is 932 g/mol. The molecule has 0 unspecified atom stereocenters. The lowest BCUT2D eigenvalue weighted by molar-refractivity contribution is 0.426. The predicted octanol–water partition coefficient (Wildman–Crippen LogP) is 10.3. The van der Waals surface area contributed by atoms with Gasteiger partial charge in [-0.25, -0.2) is 9.97 Å². The molecule has 0 amide bonds. The molecule has 0 bridgehead atoms. The summed E-state index contributed by atoms with van der Waals surface area (Å²) in [5, 5.41) is 24.2. The zero-order valence-corrected chi connectivity index (χ0v) is 33.1. The second kappa shape index (κ2) is 16.6. The van der Waals surface area contributed by atoms with E-state index in [0.29, 0.717) is 17.1 Å². The molecule has 0 aliphatic carbocycles. The number of thiophene rings is 2. The Bertz CT molecular complexity index is 2390. The summed E-state index contributed by atoms with van der Waals surface area (Å²) in [5.41, 5.74) is 19.0. The zero-order chi connectivity index (χ0) is 35.2. The van der Waals surface area contributed by atoms with Crippen LogP contribution in [0, 0.1) is 3.57 Å². The number of halogens is 3. The molecule has 50 heavy (non-hydrogen) atoms. The van der Waals surface area contributed by atoms with Gasteiger partial charge in [-0.2, -0.15) is 0 Å². The van der Waals surface area contributed by atoms with Gasteiger partial charge in [-0.3, -0.25) is 0 Å². The van der Waals surface area contributed by atoms with E-state index in [2.05, 4.69) is 118 Å². The SMILES string of the molecule is Nc1ncc(-c2cccc(-c3ccccc3)c2)c2scc(Br)c12.Nc1ncc(I)c2scc(Br)c12.OB(O)c1cccc(-c2ccccc2)c1. The average molecular weight is 934 g/mol. The fraction of sp³-hybridized carbons (Fsp3) is 0. The lowest BCUT2D eigenvalue weighted by atomic mass is 9.79. The molecule has 4 heterocycles. The predicted molar refractivity (Wildman–Crippen MR) is 229 cm³/mol. The van der Waals surface area contributed by atoms with E-state index < -0.39 is 7.12 Å². The van der Waals surface area contributed by atoms with E-state index in [1.54, 1.807) is 41.0 Å². The van der Waals surface area contributed by atoms with Crippen molar-refractivity contribution < 1.29 is 10.0 Å². The fourth-order valence-corrected chi connectivity index (χ4v) is 9.47. The van der Waals surface area contributed by atoms with E-state index in [-0.39, 0.29) is 0 Å². The van der Waals surface area contributed by atoms with Crippen LogP contribution in [0.2, 0.25) is 0 Å². The number of fused-ring (bicyclic) bond motifs is 2. The Kier molecular flexibility index (Phi) is 12.0. The molecule has 0 aliphatic heterocycles. The van der Waals surface area contributed by atoms with E-state index >= 15 is 0 Å². The average Bonchev–Trinajstić information content (AvgIpc) is 3.75. The minimum absolute atomic E-state index is 0.511. The molecule has 4 aromatic heterocycles. The largest absolute Gasteiger partial charge is 0.488 e. The summed E-state index contributed by atoms with van der Waals surface area (Å²) in [7, 11) is -1.41. The first-order valence-electron chi connectivity index (χ1n) is 15.2. The summed E-state index contributed by atoms with van der Waals surface area (Å²) in [6.45, 7) is 0. The van der Waals surface area contributed by atoms with Crippen molar-refractivity contribution in [3.63, 3.8) is 0 Å². The zero-order valence-electron chi connectivity index (χ0n) is 26.2. The number of nitrogens with two attached hydrogens (primary N) is 2. The third-order valence-electron chi connectivity index (χ3n) is 7.69. The highest BCUT2D eigenvalue weighted by Crippen LogP contribution is 2.40. The van der Waals surface area contributed by atoms with Gasteiger partial charge in [0.1, 0.15) is 11.6 Å². The highest BCUT2D eigenvalue weighted by Gasteiger charge is 2.14. The van der Waals surface area contributed by atoms with Gasteiger partial charge in [-0.1, -0.05) is 103 Å². The molecule has 0 fully saturated rings. The number of nitrogens with zero attached hydrogens (tertiary/aromatic N) is 2. The molecular weight excluding hydrogens is 906 g/mol. The molecule has 8 aromatic rings. The molecule has 248 valence electrons. The van der Waals surface area contributed by atoms with E-state index in [1.807, 2.05) is 60.1 Å². The van der Waals surface area contributed by atoms with Crippen molar-refractivity contribution in [3.8, 4) is 33.4 Å². The third-order valence-corrected chi connectivity index (χ3v) is 12.8. The van der Waals surface area contributed by atoms with Crippen molar-refractivity contribution in [2.45, 2.75) is 0 Å². The van der Waals surface area contributed by atoms with Crippen LogP contribution in [-0.4, -0.2) is 27.1 Å². The van der Waals surface area contributed by atoms with Crippen molar-refractivity contribution in [2.24, 2.45) is 0 Å². The minimum Gasteiger partial charge on any atom is -0.423 e. The smallest absolute Gasteiger partial charge is 0.423 e. The first-order valence-corrected chi connectivity index (χ1v) is 19.6. The van der Waals surface area contributed by atoms with Crippen LogP contribution in [0.5, 0.6) is 0 Å². The normalized spacial score (nSPS) is 10.7. The van der Waals surface area contributed by atoms with Crippen molar-refractivity contribution in [1.29, 1.82) is 0 Å². The third kappa shape index (κ3) is 8.29. The maximum Gasteiger partial charge on any atom is 0.488 e. The Morgan fingerprint density at radius 2 is 1.06 bits per heavy atom. The summed E-state index contributed by atoms with van der Waals surface area (Å²) in [6.07, 6.45) is 3.66.